The number of anilines is 3. The lowest BCUT2D eigenvalue weighted by Crippen LogP contribution is -2.58. The molecule has 342 valence electrons. The van der Waals surface area contributed by atoms with Crippen LogP contribution in [0.15, 0.2) is 72.5 Å². The first-order valence-electron chi connectivity index (χ1n) is 22.9. The number of urea groups is 1. The summed E-state index contributed by atoms with van der Waals surface area (Å²) in [7, 11) is 0. The lowest BCUT2D eigenvalue weighted by molar-refractivity contribution is -0.123. The van der Waals surface area contributed by atoms with E-state index in [1.807, 2.05) is 22.8 Å². The third kappa shape index (κ3) is 6.96. The zero-order valence-electron chi connectivity index (χ0n) is 36.4. The molecule has 2 N–H and O–H groups in total. The number of hydrogen-bond donors (Lipinski definition) is 2. The molecule has 7 aliphatic rings. The molecule has 0 saturated carbocycles. The quantitative estimate of drug-likeness (QED) is 0.179. The zero-order chi connectivity index (χ0) is 45.7. The predicted octanol–water partition coefficient (Wildman–Crippen LogP) is 5.06. The number of halogens is 1. The summed E-state index contributed by atoms with van der Waals surface area (Å²) in [6.45, 7) is 5.03. The van der Waals surface area contributed by atoms with Gasteiger partial charge in [-0.1, -0.05) is 18.2 Å². The first kappa shape index (κ1) is 41.4. The number of hydrazine groups is 1. The first-order chi connectivity index (χ1) is 32.6. The third-order valence-electron chi connectivity index (χ3n) is 14.8. The normalized spacial score (nSPS) is 22.0. The van der Waals surface area contributed by atoms with Gasteiger partial charge >= 0.3 is 6.03 Å². The van der Waals surface area contributed by atoms with Gasteiger partial charge in [0.2, 0.25) is 5.91 Å². The standard InChI is InChI=1S/C48H46FN11O6S/c49-36-20-29(19-34-35(36)25-58(44(34)63)42(43(62)53-47-50-13-18-67-47)41-38-5-2-14-55(38)26-51-41)28-6-8-30(9-7-28)57-24-31-21-32(57)23-56(31)22-27-10-15-54(16-11-27)37-4-1-3-33-40(37)46(65)60(45(33)64)59-17-12-39(61)52-48(59)66/h1,3-4,6-9,13,18-20,26-27,31-32,42H,2,5,10-12,14-17,21-25H2,(H,50,53,62)(H,52,61,66)/t31-,32-,42?/m1/s1. The Morgan fingerprint density at radius 3 is 2.48 bits per heavy atom. The average molecular weight is 924 g/mol. The number of likely N-dealkylation sites (tertiary alicyclic amines) is 1. The van der Waals surface area contributed by atoms with E-state index in [0.717, 1.165) is 98.3 Å². The predicted molar refractivity (Wildman–Crippen MR) is 244 cm³/mol. The first-order valence-corrected chi connectivity index (χ1v) is 23.8. The monoisotopic (exact) mass is 923 g/mol. The van der Waals surface area contributed by atoms with Gasteiger partial charge in [-0.3, -0.25) is 39.5 Å². The van der Waals surface area contributed by atoms with E-state index in [1.165, 1.54) is 22.3 Å². The highest BCUT2D eigenvalue weighted by Crippen LogP contribution is 2.41. The Kier molecular flexibility index (Phi) is 9.97. The summed E-state index contributed by atoms with van der Waals surface area (Å²) in [4.78, 5) is 96.9. The molecule has 3 atom stereocenters. The van der Waals surface area contributed by atoms with Crippen LogP contribution in [0.1, 0.15) is 86.2 Å². The van der Waals surface area contributed by atoms with Gasteiger partial charge in [0, 0.05) is 91.9 Å². The second kappa shape index (κ2) is 16.1. The van der Waals surface area contributed by atoms with Crippen LogP contribution < -0.4 is 20.4 Å². The van der Waals surface area contributed by atoms with Gasteiger partial charge in [0.25, 0.3) is 23.6 Å². The topological polar surface area (TPSA) is 177 Å². The van der Waals surface area contributed by atoms with Gasteiger partial charge in [0.05, 0.1) is 41.9 Å². The van der Waals surface area contributed by atoms with Crippen molar-refractivity contribution in [3.05, 3.63) is 112 Å². The number of nitrogens with one attached hydrogen (secondary N) is 2. The number of imide groups is 2. The Labute approximate surface area is 388 Å². The highest BCUT2D eigenvalue weighted by Gasteiger charge is 2.47. The van der Waals surface area contributed by atoms with Crippen molar-refractivity contribution in [1.29, 1.82) is 0 Å². The maximum absolute atomic E-state index is 16.0. The van der Waals surface area contributed by atoms with Gasteiger partial charge < -0.3 is 19.3 Å². The third-order valence-corrected chi connectivity index (χ3v) is 15.5. The Morgan fingerprint density at radius 1 is 0.881 bits per heavy atom. The summed E-state index contributed by atoms with van der Waals surface area (Å²) in [5, 5.41) is 9.11. The number of aromatic nitrogens is 3. The van der Waals surface area contributed by atoms with Crippen LogP contribution in [0.3, 0.4) is 0 Å². The number of piperazine rings is 1. The maximum Gasteiger partial charge on any atom is 0.343 e. The number of fused-ring (bicyclic) bond motifs is 5. The van der Waals surface area contributed by atoms with E-state index in [0.29, 0.717) is 45.6 Å². The van der Waals surface area contributed by atoms with E-state index >= 15 is 4.39 Å². The van der Waals surface area contributed by atoms with Crippen molar-refractivity contribution >= 4 is 63.4 Å². The molecule has 12 rings (SSSR count). The van der Waals surface area contributed by atoms with E-state index in [-0.39, 0.29) is 36.2 Å². The van der Waals surface area contributed by atoms with Crippen LogP contribution in [0, 0.1) is 11.7 Å². The highest BCUT2D eigenvalue weighted by atomic mass is 32.1. The summed E-state index contributed by atoms with van der Waals surface area (Å²) in [5.74, 6) is -2.42. The molecule has 1 unspecified atom stereocenters. The molecule has 3 aromatic carbocycles. The molecular formula is C48H46FN11O6S. The number of benzene rings is 3. The lowest BCUT2D eigenvalue weighted by Gasteiger charge is -2.40. The SMILES string of the molecule is O=C1CCN(N2C(=O)c3cccc(N4CCC(CN5C[C@H]6C[C@@H]5CN6c5ccc(-c6cc(F)c7c(c6)C(=O)N(C(C(=O)Nc6nccs6)c6ncn8c6CCC8)C7)cc5)CC4)c3C2=O)C(=O)N1. The second-order valence-corrected chi connectivity index (χ2v) is 19.4. The summed E-state index contributed by atoms with van der Waals surface area (Å²) in [5.41, 5.74) is 5.68. The second-order valence-electron chi connectivity index (χ2n) is 18.5. The molecule has 67 heavy (non-hydrogen) atoms. The van der Waals surface area contributed by atoms with Crippen molar-refractivity contribution in [3.8, 4) is 11.1 Å². The van der Waals surface area contributed by atoms with Crippen LogP contribution in [0.4, 0.5) is 25.7 Å². The van der Waals surface area contributed by atoms with Gasteiger partial charge in [0.1, 0.15) is 5.82 Å². The summed E-state index contributed by atoms with van der Waals surface area (Å²) >= 11 is 1.28. The number of amides is 7. The molecule has 0 radical (unpaired) electrons. The molecule has 5 aromatic rings. The number of carbonyl (C=O) groups excluding carboxylic acids is 6. The van der Waals surface area contributed by atoms with Gasteiger partial charge in [-0.05, 0) is 85.5 Å². The minimum absolute atomic E-state index is 0.00527. The van der Waals surface area contributed by atoms with Crippen LogP contribution in [0.5, 0.6) is 0 Å². The van der Waals surface area contributed by atoms with Crippen LogP contribution in [-0.2, 0) is 29.1 Å². The lowest BCUT2D eigenvalue weighted by atomic mass is 9.94. The van der Waals surface area contributed by atoms with Crippen molar-refractivity contribution in [1.82, 2.24) is 39.7 Å². The fraction of sp³-hybridized carbons (Fsp3) is 0.375. The smallest absolute Gasteiger partial charge is 0.343 e. The van der Waals surface area contributed by atoms with Gasteiger partial charge in [0.15, 0.2) is 11.2 Å². The number of nitrogens with zero attached hydrogens (tertiary/aromatic N) is 9. The van der Waals surface area contributed by atoms with Crippen LogP contribution in [-0.4, -0.2) is 121 Å². The maximum atomic E-state index is 16.0. The Morgan fingerprint density at radius 2 is 1.72 bits per heavy atom. The molecule has 17 nitrogen and oxygen atoms in total. The van der Waals surface area contributed by atoms with Crippen molar-refractivity contribution in [2.45, 2.75) is 69.7 Å². The molecule has 0 aliphatic carbocycles. The Bertz CT molecular complexity index is 2900. The largest absolute Gasteiger partial charge is 0.371 e. The minimum atomic E-state index is -1.05. The van der Waals surface area contributed by atoms with E-state index < -0.39 is 47.4 Å². The summed E-state index contributed by atoms with van der Waals surface area (Å²) in [6.07, 6.45) is 7.92. The van der Waals surface area contributed by atoms with Crippen LogP contribution >= 0.6 is 11.3 Å². The molecule has 9 heterocycles. The molecule has 4 fully saturated rings. The number of aryl methyl sites for hydroxylation is 1. The molecular weight excluding hydrogens is 878 g/mol. The number of rotatable bonds is 10. The molecule has 0 spiro atoms. The van der Waals surface area contributed by atoms with E-state index in [2.05, 4.69) is 47.4 Å². The van der Waals surface area contributed by atoms with Gasteiger partial charge in [-0.2, -0.15) is 5.01 Å². The average Bonchev–Trinajstić information content (AvgIpc) is 4.22. The molecule has 7 amide bonds. The molecule has 4 saturated heterocycles. The molecule has 7 aliphatic heterocycles. The van der Waals surface area contributed by atoms with Crippen molar-refractivity contribution in [3.63, 3.8) is 0 Å². The fourth-order valence-electron chi connectivity index (χ4n) is 11.5. The van der Waals surface area contributed by atoms with E-state index in [1.54, 1.807) is 36.1 Å². The number of thiazole rings is 1. The van der Waals surface area contributed by atoms with Crippen molar-refractivity contribution in [2.75, 3.05) is 54.4 Å². The summed E-state index contributed by atoms with van der Waals surface area (Å²) in [6, 6.07) is 15.6. The Hall–Kier alpha value is -6.99. The molecule has 2 aromatic heterocycles. The van der Waals surface area contributed by atoms with Crippen LogP contribution in [0.2, 0.25) is 0 Å². The number of imidazole rings is 1. The minimum Gasteiger partial charge on any atom is -0.371 e. The van der Waals surface area contributed by atoms with Crippen molar-refractivity contribution in [2.24, 2.45) is 5.92 Å². The fourth-order valence-corrected chi connectivity index (χ4v) is 12.0. The Balaban J connectivity index is 0.680. The molecule has 2 bridgehead atoms. The number of piperidine rings is 1. The van der Waals surface area contributed by atoms with Crippen molar-refractivity contribution < 1.29 is 33.2 Å². The number of carbonyl (C=O) groups is 6. The van der Waals surface area contributed by atoms with E-state index in [9.17, 15) is 28.8 Å². The highest BCUT2D eigenvalue weighted by molar-refractivity contribution is 7.13. The number of hydrogen-bond acceptors (Lipinski definition) is 12. The van der Waals surface area contributed by atoms with E-state index in [4.69, 9.17) is 0 Å². The molecule has 19 heteroatoms. The van der Waals surface area contributed by atoms with Crippen LogP contribution in [0.25, 0.3) is 11.1 Å². The summed E-state index contributed by atoms with van der Waals surface area (Å²) < 4.78 is 18.1. The zero-order valence-corrected chi connectivity index (χ0v) is 37.2. The van der Waals surface area contributed by atoms with Gasteiger partial charge in [-0.15, -0.1) is 11.3 Å². The van der Waals surface area contributed by atoms with Gasteiger partial charge in [-0.25, -0.2) is 24.2 Å².